The van der Waals surface area contributed by atoms with E-state index in [1.165, 1.54) is 6.42 Å². The third kappa shape index (κ3) is 6.31. The minimum absolute atomic E-state index is 0.0822. The first-order chi connectivity index (χ1) is 15.7. The van der Waals surface area contributed by atoms with Gasteiger partial charge in [-0.2, -0.15) is 0 Å². The van der Waals surface area contributed by atoms with Gasteiger partial charge in [0.2, 0.25) is 5.91 Å². The summed E-state index contributed by atoms with van der Waals surface area (Å²) in [5.74, 6) is 6.00. The first-order valence-corrected chi connectivity index (χ1v) is 11.9. The number of hydrogen-bond acceptors (Lipinski definition) is 3. The molecule has 1 fully saturated rings. The van der Waals surface area contributed by atoms with Crippen molar-refractivity contribution in [2.24, 2.45) is 5.92 Å². The van der Waals surface area contributed by atoms with Gasteiger partial charge in [-0.25, -0.2) is 0 Å². The maximum atomic E-state index is 13.5. The van der Waals surface area contributed by atoms with E-state index in [2.05, 4.69) is 22.1 Å². The van der Waals surface area contributed by atoms with Crippen molar-refractivity contribution in [1.29, 1.82) is 0 Å². The Bertz CT molecular complexity index is 1030. The molecular formula is C27H37N3O3. The van der Waals surface area contributed by atoms with Crippen molar-refractivity contribution in [3.8, 4) is 17.6 Å². The number of carbonyl (C=O) groups is 2. The lowest BCUT2D eigenvalue weighted by atomic mass is 9.82. The van der Waals surface area contributed by atoms with Gasteiger partial charge in [0, 0.05) is 29.2 Å². The summed E-state index contributed by atoms with van der Waals surface area (Å²) in [4.78, 5) is 31.7. The molecule has 2 amide bonds. The average Bonchev–Trinajstić information content (AvgIpc) is 3.18. The van der Waals surface area contributed by atoms with Gasteiger partial charge in [-0.05, 0) is 82.6 Å². The smallest absolute Gasteiger partial charge is 0.299 e. The highest BCUT2D eigenvalue weighted by Gasteiger charge is 2.37. The van der Waals surface area contributed by atoms with Crippen LogP contribution < -0.4 is 10.1 Å². The van der Waals surface area contributed by atoms with Crippen LogP contribution in [0.3, 0.4) is 0 Å². The van der Waals surface area contributed by atoms with Crippen LogP contribution in [0.4, 0.5) is 0 Å². The molecule has 0 aliphatic heterocycles. The number of benzene rings is 1. The predicted molar refractivity (Wildman–Crippen MR) is 132 cm³/mol. The normalized spacial score (nSPS) is 15.4. The molecule has 6 nitrogen and oxygen atoms in total. The highest BCUT2D eigenvalue weighted by molar-refractivity contribution is 5.97. The van der Waals surface area contributed by atoms with Crippen molar-refractivity contribution in [1.82, 2.24) is 15.2 Å². The van der Waals surface area contributed by atoms with Crippen LogP contribution >= 0.6 is 0 Å². The van der Waals surface area contributed by atoms with E-state index in [0.717, 1.165) is 47.9 Å². The molecule has 1 aliphatic rings. The predicted octanol–water partition coefficient (Wildman–Crippen LogP) is 4.43. The second-order valence-corrected chi connectivity index (χ2v) is 9.93. The first-order valence-electron chi connectivity index (χ1n) is 11.9. The van der Waals surface area contributed by atoms with Crippen LogP contribution in [0.5, 0.6) is 5.75 Å². The van der Waals surface area contributed by atoms with Crippen LogP contribution in [0.2, 0.25) is 0 Å². The quantitative estimate of drug-likeness (QED) is 0.612. The summed E-state index contributed by atoms with van der Waals surface area (Å²) >= 11 is 0. The number of rotatable bonds is 7. The van der Waals surface area contributed by atoms with Gasteiger partial charge in [-0.15, -0.1) is 0 Å². The number of aromatic amines is 1. The van der Waals surface area contributed by atoms with Crippen molar-refractivity contribution in [3.63, 3.8) is 0 Å². The number of ether oxygens (including phenoxy) is 1. The topological polar surface area (TPSA) is 74.4 Å². The lowest BCUT2D eigenvalue weighted by Gasteiger charge is -2.38. The monoisotopic (exact) mass is 451 g/mol. The lowest BCUT2D eigenvalue weighted by Crippen LogP contribution is -2.57. The number of carbonyl (C=O) groups excluding carboxylic acids is 2. The summed E-state index contributed by atoms with van der Waals surface area (Å²) < 4.78 is 5.39. The van der Waals surface area contributed by atoms with Crippen LogP contribution in [0.15, 0.2) is 24.4 Å². The van der Waals surface area contributed by atoms with Crippen molar-refractivity contribution in [2.45, 2.75) is 77.8 Å². The van der Waals surface area contributed by atoms with Crippen molar-refractivity contribution < 1.29 is 14.3 Å². The van der Waals surface area contributed by atoms with E-state index < -0.39 is 6.04 Å². The summed E-state index contributed by atoms with van der Waals surface area (Å²) in [5.41, 5.74) is 1.74. The molecule has 0 saturated heterocycles. The van der Waals surface area contributed by atoms with Crippen molar-refractivity contribution >= 4 is 22.7 Å². The molecule has 2 N–H and O–H groups in total. The molecule has 178 valence electrons. The van der Waals surface area contributed by atoms with Gasteiger partial charge in [0.25, 0.3) is 5.91 Å². The van der Waals surface area contributed by atoms with Gasteiger partial charge >= 0.3 is 0 Å². The van der Waals surface area contributed by atoms with Gasteiger partial charge in [0.15, 0.2) is 0 Å². The summed E-state index contributed by atoms with van der Waals surface area (Å²) in [5, 5.41) is 4.19. The zero-order chi connectivity index (χ0) is 24.0. The maximum Gasteiger partial charge on any atom is 0.299 e. The Morgan fingerprint density at radius 1 is 1.24 bits per heavy atom. The first kappa shape index (κ1) is 24.7. The van der Waals surface area contributed by atoms with E-state index >= 15 is 0 Å². The fourth-order valence-electron chi connectivity index (χ4n) is 4.78. The van der Waals surface area contributed by atoms with Gasteiger partial charge in [0.1, 0.15) is 11.8 Å². The number of hydrogen-bond donors (Lipinski definition) is 2. The number of H-pyrrole nitrogens is 1. The molecule has 0 bridgehead atoms. The van der Waals surface area contributed by atoms with Crippen molar-refractivity contribution in [2.75, 3.05) is 13.7 Å². The number of nitrogens with zero attached hydrogens (tertiary/aromatic N) is 1. The number of aromatic nitrogens is 1. The second-order valence-electron chi connectivity index (χ2n) is 9.93. The molecule has 3 rings (SSSR count). The Morgan fingerprint density at radius 2 is 1.97 bits per heavy atom. The molecule has 1 aromatic carbocycles. The summed E-state index contributed by atoms with van der Waals surface area (Å²) in [6, 6.07) is 5.40. The van der Waals surface area contributed by atoms with Gasteiger partial charge in [0.05, 0.1) is 7.11 Å². The van der Waals surface area contributed by atoms with Crippen LogP contribution in [0.25, 0.3) is 10.9 Å². The SMILES string of the molecule is CC#CC(=O)N(CCc1c[nH]c2ccc(OC)cc12)C(C(=O)NC(C)(C)C)C1CCCCC1. The van der Waals surface area contributed by atoms with E-state index in [-0.39, 0.29) is 23.3 Å². The van der Waals surface area contributed by atoms with E-state index in [1.807, 2.05) is 45.2 Å². The molecule has 2 aromatic rings. The molecule has 1 heterocycles. The van der Waals surface area contributed by atoms with Gasteiger partial charge in [-0.1, -0.05) is 25.2 Å². The number of fused-ring (bicyclic) bond motifs is 1. The second kappa shape index (κ2) is 10.8. The zero-order valence-corrected chi connectivity index (χ0v) is 20.6. The number of nitrogens with one attached hydrogen (secondary N) is 2. The molecule has 1 atom stereocenters. The molecule has 1 aliphatic carbocycles. The van der Waals surface area contributed by atoms with Crippen LogP contribution in [-0.2, 0) is 16.0 Å². The molecule has 1 unspecified atom stereocenters. The molecule has 6 heteroatoms. The largest absolute Gasteiger partial charge is 0.497 e. The van der Waals surface area contributed by atoms with E-state index in [9.17, 15) is 9.59 Å². The number of amides is 2. The van der Waals surface area contributed by atoms with Crippen LogP contribution in [0, 0.1) is 17.8 Å². The highest BCUT2D eigenvalue weighted by Crippen LogP contribution is 2.31. The lowest BCUT2D eigenvalue weighted by molar-refractivity contribution is -0.140. The van der Waals surface area contributed by atoms with E-state index in [4.69, 9.17) is 4.74 Å². The standard InChI is InChI=1S/C27H37N3O3/c1-6-10-24(31)30(16-15-20-18-28-23-14-13-21(33-5)17-22(20)23)25(19-11-8-7-9-12-19)26(32)29-27(2,3)4/h13-14,17-19,25,28H,7-9,11-12,15-16H2,1-5H3,(H,29,32). The van der Waals surface area contributed by atoms with Crippen LogP contribution in [0.1, 0.15) is 65.4 Å². The Balaban J connectivity index is 1.92. The molecule has 1 aromatic heterocycles. The highest BCUT2D eigenvalue weighted by atomic mass is 16.5. The zero-order valence-electron chi connectivity index (χ0n) is 20.6. The third-order valence-electron chi connectivity index (χ3n) is 6.29. The Morgan fingerprint density at radius 3 is 2.61 bits per heavy atom. The molecule has 0 spiro atoms. The maximum absolute atomic E-state index is 13.5. The van der Waals surface area contributed by atoms with E-state index in [0.29, 0.717) is 13.0 Å². The minimum atomic E-state index is -0.516. The minimum Gasteiger partial charge on any atom is -0.497 e. The Labute approximate surface area is 197 Å². The number of methoxy groups -OCH3 is 1. The molecule has 1 saturated carbocycles. The van der Waals surface area contributed by atoms with Gasteiger partial charge in [-0.3, -0.25) is 9.59 Å². The summed E-state index contributed by atoms with van der Waals surface area (Å²) in [6.07, 6.45) is 7.87. The van der Waals surface area contributed by atoms with E-state index in [1.54, 1.807) is 18.9 Å². The Kier molecular flexibility index (Phi) is 8.07. The summed E-state index contributed by atoms with van der Waals surface area (Å²) in [7, 11) is 1.65. The molecule has 0 radical (unpaired) electrons. The van der Waals surface area contributed by atoms with Crippen LogP contribution in [-0.4, -0.2) is 46.9 Å². The third-order valence-corrected chi connectivity index (χ3v) is 6.29. The Hall–Kier alpha value is -2.94. The molecular weight excluding hydrogens is 414 g/mol. The summed E-state index contributed by atoms with van der Waals surface area (Å²) in [6.45, 7) is 8.00. The molecule has 33 heavy (non-hydrogen) atoms. The average molecular weight is 452 g/mol. The fourth-order valence-corrected chi connectivity index (χ4v) is 4.78. The van der Waals surface area contributed by atoms with Crippen molar-refractivity contribution in [3.05, 3.63) is 30.0 Å². The van der Waals surface area contributed by atoms with Gasteiger partial charge < -0.3 is 19.9 Å². The fraction of sp³-hybridized carbons (Fsp3) is 0.556.